The third-order valence-electron chi connectivity index (χ3n) is 13.9. The summed E-state index contributed by atoms with van der Waals surface area (Å²) < 4.78 is 28.8. The first-order valence-electron chi connectivity index (χ1n) is 23.4. The lowest BCUT2D eigenvalue weighted by Crippen LogP contribution is -2.51. The number of imide groups is 1. The smallest absolute Gasteiger partial charge is 0.410 e. The molecule has 0 unspecified atom stereocenters. The number of aromatic nitrogens is 7. The number of benzene rings is 1. The third-order valence-corrected chi connectivity index (χ3v) is 13.9. The van der Waals surface area contributed by atoms with E-state index in [-0.39, 0.29) is 42.1 Å². The summed E-state index contributed by atoms with van der Waals surface area (Å²) in [6.45, 7) is 8.68. The van der Waals surface area contributed by atoms with Gasteiger partial charge >= 0.3 is 6.09 Å². The summed E-state index contributed by atoms with van der Waals surface area (Å²) in [6.07, 6.45) is 15.4. The fourth-order valence-corrected chi connectivity index (χ4v) is 9.96. The number of nitrogens with zero attached hydrogens (tertiary/aromatic N) is 10. The molecule has 2 saturated carbocycles. The average Bonchev–Trinajstić information content (AvgIpc) is 3.95. The maximum Gasteiger partial charge on any atom is 0.410 e. The molecule has 66 heavy (non-hydrogen) atoms. The Labute approximate surface area is 381 Å². The van der Waals surface area contributed by atoms with E-state index in [4.69, 9.17) is 30.1 Å². The van der Waals surface area contributed by atoms with Gasteiger partial charge in [-0.3, -0.25) is 19.8 Å². The maximum absolute atomic E-state index is 15.3. The van der Waals surface area contributed by atoms with E-state index in [0.29, 0.717) is 95.5 Å². The molecule has 5 aliphatic rings. The largest absolute Gasteiger partial charge is 0.449 e. The van der Waals surface area contributed by atoms with Crippen LogP contribution >= 0.6 is 0 Å². The Bertz CT molecular complexity index is 2650. The molecule has 0 radical (unpaired) electrons. The molecule has 10 rings (SSSR count). The Morgan fingerprint density at radius 1 is 0.970 bits per heavy atom. The Morgan fingerprint density at radius 2 is 1.76 bits per heavy atom. The summed E-state index contributed by atoms with van der Waals surface area (Å²) in [7, 11) is 0. The van der Waals surface area contributed by atoms with Crippen LogP contribution in [0.15, 0.2) is 47.5 Å². The zero-order chi connectivity index (χ0) is 45.5. The number of carbonyl (C=O) groups is 3. The Morgan fingerprint density at radius 3 is 2.45 bits per heavy atom. The first-order chi connectivity index (χ1) is 32.1. The molecular formula is C47H56FN13O5. The van der Waals surface area contributed by atoms with Crippen molar-refractivity contribution in [3.63, 3.8) is 0 Å². The van der Waals surface area contributed by atoms with Crippen molar-refractivity contribution in [1.82, 2.24) is 50.0 Å². The number of anilines is 3. The van der Waals surface area contributed by atoms with Crippen LogP contribution < -0.4 is 21.3 Å². The Hall–Kier alpha value is -6.50. The molecule has 0 spiro atoms. The lowest BCUT2D eigenvalue weighted by atomic mass is 9.83. The molecule has 4 aromatic heterocycles. The molecule has 1 aromatic carbocycles. The fourth-order valence-electron chi connectivity index (χ4n) is 9.96. The zero-order valence-electron chi connectivity index (χ0n) is 37.4. The van der Waals surface area contributed by atoms with Gasteiger partial charge in [-0.1, -0.05) is 11.2 Å². The number of hydrogen-bond acceptors (Lipinski definition) is 15. The van der Waals surface area contributed by atoms with Crippen LogP contribution in [0.1, 0.15) is 101 Å². The molecule has 18 nitrogen and oxygen atoms in total. The topological polar surface area (TPSA) is 216 Å². The molecule has 19 heteroatoms. The number of hydrogen-bond donors (Lipinski definition) is 3. The van der Waals surface area contributed by atoms with Crippen LogP contribution in [0.25, 0.3) is 39.4 Å². The second-order valence-electron chi connectivity index (χ2n) is 18.5. The molecule has 5 aromatic rings. The number of ether oxygens (including phenoxy) is 1. The maximum atomic E-state index is 15.3. The number of piperazine rings is 1. The van der Waals surface area contributed by atoms with Crippen molar-refractivity contribution >= 4 is 51.7 Å². The number of halogens is 1. The minimum absolute atomic E-state index is 0.0262. The van der Waals surface area contributed by atoms with Gasteiger partial charge in [0.05, 0.1) is 23.2 Å². The van der Waals surface area contributed by atoms with Gasteiger partial charge < -0.3 is 30.1 Å². The van der Waals surface area contributed by atoms with Crippen molar-refractivity contribution < 1.29 is 28.0 Å². The molecule has 2 aliphatic carbocycles. The summed E-state index contributed by atoms with van der Waals surface area (Å²) in [5, 5.41) is 15.4. The molecule has 3 amide bonds. The van der Waals surface area contributed by atoms with Crippen molar-refractivity contribution in [2.45, 2.75) is 102 Å². The highest BCUT2D eigenvalue weighted by Crippen LogP contribution is 2.48. The van der Waals surface area contributed by atoms with Crippen molar-refractivity contribution in [3.8, 4) is 22.8 Å². The lowest BCUT2D eigenvalue weighted by Gasteiger charge is -2.42. The van der Waals surface area contributed by atoms with E-state index in [1.807, 2.05) is 30.9 Å². The summed E-state index contributed by atoms with van der Waals surface area (Å²) in [6, 6.07) is 4.98. The SMILES string of the molecule is CC(C)n1nc(-c2noc(C3CC3)c2-c2ncc(C3=CCN(C(=O)OCCC4CCC(N5CCN(c6ccc(N[C@H]7CCC(=O)NC7=O)cc6F)CC5)CC4)CC3)cn2)c2c(N)ncnc21. The summed E-state index contributed by atoms with van der Waals surface area (Å²) in [5.74, 6) is 1.33. The van der Waals surface area contributed by atoms with Gasteiger partial charge in [-0.05, 0) is 101 Å². The van der Waals surface area contributed by atoms with Gasteiger partial charge in [-0.25, -0.2) is 33.8 Å². The molecule has 346 valence electrons. The third kappa shape index (κ3) is 8.91. The molecule has 4 N–H and O–H groups in total. The predicted molar refractivity (Wildman–Crippen MR) is 244 cm³/mol. The predicted octanol–water partition coefficient (Wildman–Crippen LogP) is 6.33. The van der Waals surface area contributed by atoms with Gasteiger partial charge in [-0.15, -0.1) is 0 Å². The van der Waals surface area contributed by atoms with Crippen LogP contribution in [0, 0.1) is 11.7 Å². The van der Waals surface area contributed by atoms with E-state index in [9.17, 15) is 14.4 Å². The molecule has 1 atom stereocenters. The van der Waals surface area contributed by atoms with Crippen LogP contribution in [-0.2, 0) is 14.3 Å². The number of rotatable bonds is 12. The number of carbonyl (C=O) groups excluding carboxylic acids is 3. The monoisotopic (exact) mass is 901 g/mol. The van der Waals surface area contributed by atoms with Gasteiger partial charge in [0.2, 0.25) is 11.8 Å². The molecule has 4 fully saturated rings. The van der Waals surface area contributed by atoms with Gasteiger partial charge in [0.1, 0.15) is 35.4 Å². The average molecular weight is 902 g/mol. The number of nitrogens with one attached hydrogen (secondary N) is 2. The van der Waals surface area contributed by atoms with E-state index in [1.165, 1.54) is 12.4 Å². The van der Waals surface area contributed by atoms with Crippen LogP contribution in [0.3, 0.4) is 0 Å². The number of nitrogen functional groups attached to an aromatic ring is 1. The van der Waals surface area contributed by atoms with Gasteiger partial charge in [0.25, 0.3) is 0 Å². The summed E-state index contributed by atoms with van der Waals surface area (Å²) in [4.78, 5) is 61.4. The van der Waals surface area contributed by atoms with E-state index in [2.05, 4.69) is 41.6 Å². The molecule has 7 heterocycles. The number of fused-ring (bicyclic) bond motifs is 1. The highest BCUT2D eigenvalue weighted by atomic mass is 19.1. The quantitative estimate of drug-likeness (QED) is 0.117. The first kappa shape index (κ1) is 43.4. The Kier molecular flexibility index (Phi) is 12.1. The van der Waals surface area contributed by atoms with E-state index in [1.54, 1.807) is 17.0 Å². The minimum atomic E-state index is -0.555. The second-order valence-corrected chi connectivity index (χ2v) is 18.5. The van der Waals surface area contributed by atoms with Crippen LogP contribution in [0.2, 0.25) is 0 Å². The van der Waals surface area contributed by atoms with Crippen molar-refractivity contribution in [2.75, 3.05) is 61.8 Å². The zero-order valence-corrected chi connectivity index (χ0v) is 37.4. The molecule has 3 aliphatic heterocycles. The standard InChI is InChI=1S/C47H56FN13O5/c1-27(2)61-45-39(43(49)52-26-53-45)40(56-61)41-38(42(66-57-41)30-5-6-30)44-50-24-31(25-51-44)29-13-16-60(17-14-29)47(64)65-22-15-28-3-8-33(9-4-28)58-18-20-59(21-19-58)36-11-7-32(23-34(36)48)54-35-10-12-37(62)55-46(35)63/h7,11,13,23-28,30,33,35,54H,3-6,8-10,12,14-22H2,1-2H3,(H2,49,52,53)(H,55,62,63)/t28?,33?,35-/m0/s1. The highest BCUT2D eigenvalue weighted by Gasteiger charge is 2.37. The molecule has 2 saturated heterocycles. The van der Waals surface area contributed by atoms with E-state index in [0.717, 1.165) is 88.0 Å². The van der Waals surface area contributed by atoms with Gasteiger partial charge in [0.15, 0.2) is 17.2 Å². The minimum Gasteiger partial charge on any atom is -0.449 e. The fraction of sp³-hybridized carbons (Fsp3) is 0.511. The number of nitrogens with two attached hydrogens (primary N) is 1. The summed E-state index contributed by atoms with van der Waals surface area (Å²) >= 11 is 0. The Balaban J connectivity index is 0.674. The normalized spacial score (nSPS) is 21.9. The molecular weight excluding hydrogens is 846 g/mol. The number of piperidine rings is 1. The summed E-state index contributed by atoms with van der Waals surface area (Å²) in [5.41, 5.74) is 11.8. The van der Waals surface area contributed by atoms with Gasteiger partial charge in [-0.2, -0.15) is 5.10 Å². The van der Waals surface area contributed by atoms with Gasteiger partial charge in [0, 0.05) is 87.3 Å². The second kappa shape index (κ2) is 18.4. The van der Waals surface area contributed by atoms with Crippen molar-refractivity contribution in [3.05, 3.63) is 60.1 Å². The van der Waals surface area contributed by atoms with Crippen molar-refractivity contribution in [1.29, 1.82) is 0 Å². The highest BCUT2D eigenvalue weighted by molar-refractivity contribution is 6.02. The number of amides is 3. The molecule has 0 bridgehead atoms. The van der Waals surface area contributed by atoms with Crippen molar-refractivity contribution in [2.24, 2.45) is 5.92 Å². The van der Waals surface area contributed by atoms with Crippen LogP contribution in [0.4, 0.5) is 26.4 Å². The lowest BCUT2D eigenvalue weighted by molar-refractivity contribution is -0.133. The first-order valence-corrected chi connectivity index (χ1v) is 23.4. The van der Waals surface area contributed by atoms with E-state index < -0.39 is 6.04 Å². The van der Waals surface area contributed by atoms with Crippen LogP contribution in [-0.4, -0.2) is 121 Å². The van der Waals surface area contributed by atoms with E-state index >= 15 is 4.39 Å². The van der Waals surface area contributed by atoms with Crippen LogP contribution in [0.5, 0.6) is 0 Å².